The number of rotatable bonds is 8. The van der Waals surface area contributed by atoms with Gasteiger partial charge in [-0.2, -0.15) is 0 Å². The van der Waals surface area contributed by atoms with Crippen LogP contribution in [0.3, 0.4) is 0 Å². The van der Waals surface area contributed by atoms with Crippen molar-refractivity contribution in [2.24, 2.45) is 0 Å². The van der Waals surface area contributed by atoms with Gasteiger partial charge >= 0.3 is 0 Å². The lowest BCUT2D eigenvalue weighted by Gasteiger charge is -2.14. The average Bonchev–Trinajstić information content (AvgIpc) is 3.34. The minimum atomic E-state index is -0.808. The number of nitrogens with two attached hydrogens (primary N) is 1. The monoisotopic (exact) mass is 445 g/mol. The number of aromatic nitrogens is 3. The standard InChI is InChI=1S/C20H23N5O7/c1-30-13-3-2-11(14(4-13)25(28)29)8-31-9-12-6-24(17-5-15(27)16(7-26)32-17)20-18(12)19(21)22-10-23-20/h2-4,6,10,15-17,26-27H,5,7-9H2,1H3,(H2,21,22,23)/t15-,16-,17-/m1/s1. The van der Waals surface area contributed by atoms with E-state index in [0.717, 1.165) is 0 Å². The SMILES string of the molecule is COc1ccc(COCc2cn([C@H]3C[C@@H](O)[C@@H](CO)O3)c3ncnc(N)c23)c([N+](=O)[O-])c1. The van der Waals surface area contributed by atoms with Crippen molar-refractivity contribution in [3.8, 4) is 5.75 Å². The summed E-state index contributed by atoms with van der Waals surface area (Å²) in [5.74, 6) is 0.633. The Labute approximate surface area is 182 Å². The van der Waals surface area contributed by atoms with Crippen molar-refractivity contribution in [1.82, 2.24) is 14.5 Å². The summed E-state index contributed by atoms with van der Waals surface area (Å²) in [6.45, 7) is -0.223. The van der Waals surface area contributed by atoms with Gasteiger partial charge in [-0.1, -0.05) is 0 Å². The molecule has 1 aliphatic heterocycles. The van der Waals surface area contributed by atoms with Crippen molar-refractivity contribution >= 4 is 22.5 Å². The molecule has 1 fully saturated rings. The Balaban J connectivity index is 1.57. The maximum absolute atomic E-state index is 11.4. The molecule has 0 bridgehead atoms. The summed E-state index contributed by atoms with van der Waals surface area (Å²) in [4.78, 5) is 19.2. The van der Waals surface area contributed by atoms with Gasteiger partial charge in [0.1, 0.15) is 35.9 Å². The second-order valence-corrected chi connectivity index (χ2v) is 7.38. The fourth-order valence-electron chi connectivity index (χ4n) is 3.80. The van der Waals surface area contributed by atoms with Gasteiger partial charge in [0, 0.05) is 18.2 Å². The quantitative estimate of drug-likeness (QED) is 0.339. The highest BCUT2D eigenvalue weighted by Crippen LogP contribution is 2.34. The highest BCUT2D eigenvalue weighted by molar-refractivity contribution is 5.89. The third-order valence-electron chi connectivity index (χ3n) is 5.42. The van der Waals surface area contributed by atoms with Gasteiger partial charge < -0.3 is 34.7 Å². The lowest BCUT2D eigenvalue weighted by Crippen LogP contribution is -2.24. The lowest BCUT2D eigenvalue weighted by molar-refractivity contribution is -0.386. The molecule has 0 spiro atoms. The van der Waals surface area contributed by atoms with Crippen LogP contribution < -0.4 is 10.5 Å². The maximum atomic E-state index is 11.4. The first kappa shape index (κ1) is 21.9. The van der Waals surface area contributed by atoms with Gasteiger partial charge in [0.05, 0.1) is 55.0 Å². The molecule has 1 aromatic carbocycles. The van der Waals surface area contributed by atoms with Crippen LogP contribution in [0, 0.1) is 10.1 Å². The van der Waals surface area contributed by atoms with E-state index in [1.807, 2.05) is 0 Å². The fourth-order valence-corrected chi connectivity index (χ4v) is 3.80. The Morgan fingerprint density at radius 3 is 2.81 bits per heavy atom. The zero-order chi connectivity index (χ0) is 22.8. The van der Waals surface area contributed by atoms with Crippen LogP contribution in [0.4, 0.5) is 11.5 Å². The third kappa shape index (κ3) is 4.08. The van der Waals surface area contributed by atoms with E-state index in [4.69, 9.17) is 19.9 Å². The molecule has 0 amide bonds. The van der Waals surface area contributed by atoms with E-state index in [9.17, 15) is 20.3 Å². The number of aliphatic hydroxyl groups excluding tert-OH is 2. The van der Waals surface area contributed by atoms with Crippen LogP contribution in [0.5, 0.6) is 5.75 Å². The topological polar surface area (TPSA) is 168 Å². The Morgan fingerprint density at radius 2 is 2.12 bits per heavy atom. The van der Waals surface area contributed by atoms with Crippen molar-refractivity contribution in [3.05, 3.63) is 52.0 Å². The molecule has 12 heteroatoms. The first-order chi connectivity index (χ1) is 15.4. The second kappa shape index (κ2) is 9.04. The predicted octanol–water partition coefficient (Wildman–Crippen LogP) is 1.29. The van der Waals surface area contributed by atoms with Crippen molar-refractivity contribution in [2.75, 3.05) is 19.5 Å². The Morgan fingerprint density at radius 1 is 1.34 bits per heavy atom. The largest absolute Gasteiger partial charge is 0.497 e. The lowest BCUT2D eigenvalue weighted by atomic mass is 10.2. The molecule has 1 saturated heterocycles. The van der Waals surface area contributed by atoms with Gasteiger partial charge in [0.25, 0.3) is 5.69 Å². The zero-order valence-corrected chi connectivity index (χ0v) is 17.2. The number of hydrogen-bond acceptors (Lipinski definition) is 10. The first-order valence-corrected chi connectivity index (χ1v) is 9.86. The molecular formula is C20H23N5O7. The van der Waals surface area contributed by atoms with Crippen molar-refractivity contribution in [2.45, 2.75) is 38.1 Å². The van der Waals surface area contributed by atoms with E-state index in [-0.39, 0.29) is 37.7 Å². The molecule has 3 aromatic rings. The molecule has 12 nitrogen and oxygen atoms in total. The molecule has 32 heavy (non-hydrogen) atoms. The second-order valence-electron chi connectivity index (χ2n) is 7.38. The van der Waals surface area contributed by atoms with Gasteiger partial charge in [-0.25, -0.2) is 9.97 Å². The molecule has 3 heterocycles. The number of ether oxygens (including phenoxy) is 3. The molecule has 4 rings (SSSR count). The van der Waals surface area contributed by atoms with Gasteiger partial charge in [-0.3, -0.25) is 10.1 Å². The van der Waals surface area contributed by atoms with Gasteiger partial charge in [0.15, 0.2) is 0 Å². The van der Waals surface area contributed by atoms with Crippen LogP contribution in [0.2, 0.25) is 0 Å². The van der Waals surface area contributed by atoms with Crippen LogP contribution in [-0.2, 0) is 22.7 Å². The van der Waals surface area contributed by atoms with Gasteiger partial charge in [-0.05, 0) is 12.1 Å². The summed E-state index contributed by atoms with van der Waals surface area (Å²) >= 11 is 0. The number of methoxy groups -OCH3 is 1. The highest BCUT2D eigenvalue weighted by Gasteiger charge is 2.35. The molecule has 4 N–H and O–H groups in total. The maximum Gasteiger partial charge on any atom is 0.278 e. The van der Waals surface area contributed by atoms with E-state index < -0.39 is 23.4 Å². The Hall–Kier alpha value is -3.32. The van der Waals surface area contributed by atoms with E-state index >= 15 is 0 Å². The van der Waals surface area contributed by atoms with Crippen molar-refractivity contribution < 1.29 is 29.3 Å². The summed E-state index contributed by atoms with van der Waals surface area (Å²) in [5.41, 5.74) is 7.54. The predicted molar refractivity (Wildman–Crippen MR) is 112 cm³/mol. The number of benzene rings is 1. The highest BCUT2D eigenvalue weighted by atomic mass is 16.6. The molecule has 2 aromatic heterocycles. The van der Waals surface area contributed by atoms with E-state index in [0.29, 0.717) is 27.9 Å². The summed E-state index contributed by atoms with van der Waals surface area (Å²) in [6, 6.07) is 4.56. The Bertz CT molecular complexity index is 1130. The molecule has 0 aliphatic carbocycles. The summed E-state index contributed by atoms with van der Waals surface area (Å²) in [5, 5.41) is 31.4. The molecule has 1 aliphatic rings. The smallest absolute Gasteiger partial charge is 0.278 e. The minimum Gasteiger partial charge on any atom is -0.497 e. The van der Waals surface area contributed by atoms with Gasteiger partial charge in [0.2, 0.25) is 0 Å². The number of fused-ring (bicyclic) bond motifs is 1. The molecule has 0 unspecified atom stereocenters. The minimum absolute atomic E-state index is 0.00813. The number of nitrogens with zero attached hydrogens (tertiary/aromatic N) is 4. The first-order valence-electron chi connectivity index (χ1n) is 9.86. The molecule has 3 atom stereocenters. The Kier molecular flexibility index (Phi) is 6.19. The van der Waals surface area contributed by atoms with Crippen LogP contribution in [-0.4, -0.2) is 55.6 Å². The number of nitro benzene ring substituents is 1. The zero-order valence-electron chi connectivity index (χ0n) is 17.2. The van der Waals surface area contributed by atoms with Gasteiger partial charge in [-0.15, -0.1) is 0 Å². The van der Waals surface area contributed by atoms with E-state index in [2.05, 4.69) is 9.97 Å². The number of nitrogen functional groups attached to an aromatic ring is 1. The van der Waals surface area contributed by atoms with Crippen LogP contribution in [0.1, 0.15) is 23.8 Å². The summed E-state index contributed by atoms with van der Waals surface area (Å²) in [6.07, 6.45) is 1.31. The van der Waals surface area contributed by atoms with Crippen molar-refractivity contribution in [3.63, 3.8) is 0 Å². The van der Waals surface area contributed by atoms with E-state index in [1.54, 1.807) is 22.9 Å². The number of nitro groups is 1. The van der Waals surface area contributed by atoms with E-state index in [1.165, 1.54) is 19.5 Å². The molecular weight excluding hydrogens is 422 g/mol. The summed E-state index contributed by atoms with van der Waals surface area (Å²) < 4.78 is 18.3. The number of hydrogen-bond donors (Lipinski definition) is 3. The van der Waals surface area contributed by atoms with Crippen molar-refractivity contribution in [1.29, 1.82) is 0 Å². The third-order valence-corrected chi connectivity index (χ3v) is 5.42. The molecule has 0 saturated carbocycles. The van der Waals surface area contributed by atoms with Crippen LogP contribution >= 0.6 is 0 Å². The number of anilines is 1. The fraction of sp³-hybridized carbons (Fsp3) is 0.400. The average molecular weight is 445 g/mol. The summed E-state index contributed by atoms with van der Waals surface area (Å²) in [7, 11) is 1.44. The van der Waals surface area contributed by atoms with Crippen LogP contribution in [0.25, 0.3) is 11.0 Å². The van der Waals surface area contributed by atoms with Crippen LogP contribution in [0.15, 0.2) is 30.7 Å². The molecule has 170 valence electrons. The number of aliphatic hydroxyl groups is 2. The normalized spacial score (nSPS) is 20.7. The molecule has 0 radical (unpaired) electrons.